The topological polar surface area (TPSA) is 75.4 Å². The maximum absolute atomic E-state index is 11.0. The highest BCUT2D eigenvalue weighted by molar-refractivity contribution is 5.75. The summed E-state index contributed by atoms with van der Waals surface area (Å²) in [4.78, 5) is 11.0. The Morgan fingerprint density at radius 2 is 2.46 bits per heavy atom. The van der Waals surface area contributed by atoms with Crippen molar-refractivity contribution in [3.8, 4) is 0 Å². The molecule has 0 aromatic heterocycles. The second kappa shape index (κ2) is 4.07. The third-order valence-electron chi connectivity index (χ3n) is 3.04. The van der Waals surface area contributed by atoms with Crippen molar-refractivity contribution >= 4 is 5.91 Å². The van der Waals surface area contributed by atoms with Gasteiger partial charge in [0.05, 0.1) is 0 Å². The number of hydroxylamine groups is 1. The van der Waals surface area contributed by atoms with Crippen molar-refractivity contribution in [2.75, 3.05) is 6.54 Å². The molecule has 0 heterocycles. The highest BCUT2D eigenvalue weighted by Gasteiger charge is 2.37. The van der Waals surface area contributed by atoms with Gasteiger partial charge in [-0.1, -0.05) is 13.3 Å². The maximum atomic E-state index is 11.0. The van der Waals surface area contributed by atoms with Crippen LogP contribution in [0, 0.1) is 11.3 Å². The third-order valence-corrected chi connectivity index (χ3v) is 3.04. The molecule has 0 radical (unpaired) electrons. The van der Waals surface area contributed by atoms with Crippen LogP contribution >= 0.6 is 0 Å². The summed E-state index contributed by atoms with van der Waals surface area (Å²) >= 11 is 0. The Morgan fingerprint density at radius 3 is 2.85 bits per heavy atom. The molecule has 1 aliphatic rings. The van der Waals surface area contributed by atoms with Crippen LogP contribution in [0.3, 0.4) is 0 Å². The van der Waals surface area contributed by atoms with Crippen LogP contribution in [-0.4, -0.2) is 17.7 Å². The fourth-order valence-electron chi connectivity index (χ4n) is 2.29. The number of hydrogen-bond donors (Lipinski definition) is 3. The summed E-state index contributed by atoms with van der Waals surface area (Å²) in [5.74, 6) is 0.328. The first-order valence-corrected chi connectivity index (χ1v) is 4.75. The zero-order valence-corrected chi connectivity index (χ0v) is 8.05. The number of hydrogen-bond acceptors (Lipinski definition) is 3. The molecule has 0 saturated heterocycles. The average molecular weight is 186 g/mol. The number of carbonyl (C=O) groups is 1. The van der Waals surface area contributed by atoms with Crippen molar-refractivity contribution in [3.63, 3.8) is 0 Å². The summed E-state index contributed by atoms with van der Waals surface area (Å²) in [5, 5.41) is 8.43. The van der Waals surface area contributed by atoms with Crippen LogP contribution in [0.2, 0.25) is 0 Å². The Kier molecular flexibility index (Phi) is 3.27. The summed E-state index contributed by atoms with van der Waals surface area (Å²) in [6.45, 7) is 2.71. The lowest BCUT2D eigenvalue weighted by atomic mass is 9.82. The summed E-state index contributed by atoms with van der Waals surface area (Å²) in [6, 6.07) is 0. The quantitative estimate of drug-likeness (QED) is 0.447. The molecule has 1 fully saturated rings. The van der Waals surface area contributed by atoms with E-state index in [0.717, 1.165) is 19.3 Å². The highest BCUT2D eigenvalue weighted by atomic mass is 16.5. The Bertz CT molecular complexity index is 196. The standard InChI is InChI=1S/C9H18N2O2/c1-7-2-3-9(4-7,6-10)5-8(12)11-13/h7,13H,2-6,10H2,1H3,(H,11,12)/t7-,9+/m0/s1. The minimum absolute atomic E-state index is 0.0633. The molecule has 0 aliphatic heterocycles. The van der Waals surface area contributed by atoms with Gasteiger partial charge in [-0.05, 0) is 30.7 Å². The number of amides is 1. The monoisotopic (exact) mass is 186 g/mol. The van der Waals surface area contributed by atoms with Gasteiger partial charge in [0.1, 0.15) is 0 Å². The molecule has 2 atom stereocenters. The molecule has 4 heteroatoms. The second-order valence-corrected chi connectivity index (χ2v) is 4.26. The minimum atomic E-state index is -0.320. The Labute approximate surface area is 78.5 Å². The van der Waals surface area contributed by atoms with E-state index in [9.17, 15) is 4.79 Å². The van der Waals surface area contributed by atoms with Crippen LogP contribution in [0.1, 0.15) is 32.6 Å². The van der Waals surface area contributed by atoms with Crippen LogP contribution in [0.4, 0.5) is 0 Å². The van der Waals surface area contributed by atoms with E-state index in [1.54, 1.807) is 5.48 Å². The van der Waals surface area contributed by atoms with E-state index < -0.39 is 0 Å². The molecule has 1 rings (SSSR count). The fourth-order valence-corrected chi connectivity index (χ4v) is 2.29. The lowest BCUT2D eigenvalue weighted by molar-refractivity contribution is -0.131. The number of rotatable bonds is 3. The van der Waals surface area contributed by atoms with Crippen LogP contribution in [0.25, 0.3) is 0 Å². The lowest BCUT2D eigenvalue weighted by Gasteiger charge is -2.26. The predicted octanol–water partition coefficient (Wildman–Crippen LogP) is 0.647. The molecule has 76 valence electrons. The first-order chi connectivity index (χ1) is 6.12. The number of nitrogens with two attached hydrogens (primary N) is 1. The molecule has 4 nitrogen and oxygen atoms in total. The zero-order chi connectivity index (χ0) is 9.90. The molecule has 0 spiro atoms. The molecule has 4 N–H and O–H groups in total. The molecular weight excluding hydrogens is 168 g/mol. The van der Waals surface area contributed by atoms with Gasteiger partial charge in [0.15, 0.2) is 0 Å². The van der Waals surface area contributed by atoms with Gasteiger partial charge in [-0.15, -0.1) is 0 Å². The van der Waals surface area contributed by atoms with Crippen LogP contribution < -0.4 is 11.2 Å². The van der Waals surface area contributed by atoms with Crippen LogP contribution in [0.5, 0.6) is 0 Å². The maximum Gasteiger partial charge on any atom is 0.243 e. The van der Waals surface area contributed by atoms with Crippen LogP contribution in [-0.2, 0) is 4.79 Å². The lowest BCUT2D eigenvalue weighted by Crippen LogP contribution is -2.34. The largest absolute Gasteiger partial charge is 0.330 e. The molecule has 1 aliphatic carbocycles. The second-order valence-electron chi connectivity index (χ2n) is 4.26. The van der Waals surface area contributed by atoms with Gasteiger partial charge in [-0.3, -0.25) is 10.0 Å². The first-order valence-electron chi connectivity index (χ1n) is 4.75. The van der Waals surface area contributed by atoms with Gasteiger partial charge in [0.2, 0.25) is 5.91 Å². The Morgan fingerprint density at radius 1 is 1.77 bits per heavy atom. The van der Waals surface area contributed by atoms with E-state index in [1.807, 2.05) is 0 Å². The number of carbonyl (C=O) groups excluding carboxylic acids is 1. The van der Waals surface area contributed by atoms with Gasteiger partial charge >= 0.3 is 0 Å². The molecule has 1 saturated carbocycles. The van der Waals surface area contributed by atoms with Crippen molar-refractivity contribution in [3.05, 3.63) is 0 Å². The highest BCUT2D eigenvalue weighted by Crippen LogP contribution is 2.43. The van der Waals surface area contributed by atoms with Crippen LogP contribution in [0.15, 0.2) is 0 Å². The number of nitrogens with one attached hydrogen (secondary N) is 1. The first kappa shape index (κ1) is 10.5. The SMILES string of the molecule is C[C@H]1CC[C@](CN)(CC(=O)NO)C1. The van der Waals surface area contributed by atoms with E-state index in [1.165, 1.54) is 0 Å². The van der Waals surface area contributed by atoms with E-state index in [2.05, 4.69) is 6.92 Å². The fraction of sp³-hybridized carbons (Fsp3) is 0.889. The predicted molar refractivity (Wildman–Crippen MR) is 49.0 cm³/mol. The molecule has 0 aromatic carbocycles. The summed E-state index contributed by atoms with van der Waals surface area (Å²) in [5.41, 5.74) is 7.28. The third kappa shape index (κ3) is 2.42. The van der Waals surface area contributed by atoms with E-state index >= 15 is 0 Å². The molecule has 1 amide bonds. The van der Waals surface area contributed by atoms with E-state index in [4.69, 9.17) is 10.9 Å². The summed E-state index contributed by atoms with van der Waals surface area (Å²) in [6.07, 6.45) is 3.48. The molecule has 0 aromatic rings. The molecule has 0 unspecified atom stereocenters. The van der Waals surface area contributed by atoms with Crippen molar-refractivity contribution < 1.29 is 10.0 Å². The van der Waals surface area contributed by atoms with E-state index in [-0.39, 0.29) is 11.3 Å². The van der Waals surface area contributed by atoms with Gasteiger partial charge < -0.3 is 5.73 Å². The Hall–Kier alpha value is -0.610. The summed E-state index contributed by atoms with van der Waals surface area (Å²) < 4.78 is 0. The van der Waals surface area contributed by atoms with E-state index in [0.29, 0.717) is 18.9 Å². The smallest absolute Gasteiger partial charge is 0.243 e. The van der Waals surface area contributed by atoms with Gasteiger partial charge in [-0.25, -0.2) is 5.48 Å². The zero-order valence-electron chi connectivity index (χ0n) is 8.05. The minimum Gasteiger partial charge on any atom is -0.330 e. The van der Waals surface area contributed by atoms with Crippen molar-refractivity contribution in [2.45, 2.75) is 32.6 Å². The van der Waals surface area contributed by atoms with Crippen molar-refractivity contribution in [1.82, 2.24) is 5.48 Å². The van der Waals surface area contributed by atoms with Crippen molar-refractivity contribution in [1.29, 1.82) is 0 Å². The van der Waals surface area contributed by atoms with Gasteiger partial charge in [0, 0.05) is 6.42 Å². The normalized spacial score (nSPS) is 33.3. The van der Waals surface area contributed by atoms with Gasteiger partial charge in [0.25, 0.3) is 0 Å². The molecule has 13 heavy (non-hydrogen) atoms. The van der Waals surface area contributed by atoms with Crippen molar-refractivity contribution in [2.24, 2.45) is 17.1 Å². The average Bonchev–Trinajstić information content (AvgIpc) is 2.48. The molecular formula is C9H18N2O2. The molecule has 0 bridgehead atoms. The summed E-state index contributed by atoms with van der Waals surface area (Å²) in [7, 11) is 0. The Balaban J connectivity index is 2.55. The van der Waals surface area contributed by atoms with Gasteiger partial charge in [-0.2, -0.15) is 0 Å².